The zero-order chi connectivity index (χ0) is 22.8. The first kappa shape index (κ1) is 27.3. The number of nitrogens with one attached hydrogen (secondary N) is 1. The minimum atomic E-state index is 0. The molecule has 1 N–H and O–H groups in total. The number of likely N-dealkylation sites (tertiary alicyclic amines) is 1. The second-order valence-electron chi connectivity index (χ2n) is 8.72. The molecule has 0 unspecified atom stereocenters. The van der Waals surface area contributed by atoms with Crippen LogP contribution in [0.15, 0.2) is 36.5 Å². The van der Waals surface area contributed by atoms with Crippen molar-refractivity contribution in [3.05, 3.63) is 58.2 Å². The highest BCUT2D eigenvalue weighted by Crippen LogP contribution is 2.36. The van der Waals surface area contributed by atoms with Crippen LogP contribution >= 0.6 is 36.4 Å². The molecular weight excluding hydrogens is 507 g/mol. The van der Waals surface area contributed by atoms with Crippen molar-refractivity contribution in [3.8, 4) is 22.8 Å². The maximum absolute atomic E-state index is 6.58. The van der Waals surface area contributed by atoms with Crippen molar-refractivity contribution in [2.24, 2.45) is 0 Å². The van der Waals surface area contributed by atoms with Crippen LogP contribution in [0.5, 0.6) is 11.5 Å². The van der Waals surface area contributed by atoms with Crippen molar-refractivity contribution >= 4 is 48.1 Å². The summed E-state index contributed by atoms with van der Waals surface area (Å²) in [5, 5.41) is 3.91. The summed E-state index contributed by atoms with van der Waals surface area (Å²) in [7, 11) is 1.68. The normalized spacial score (nSPS) is 14.3. The molecule has 0 saturated carbocycles. The Morgan fingerprint density at radius 2 is 1.83 bits per heavy atom. The van der Waals surface area contributed by atoms with E-state index in [4.69, 9.17) is 26.1 Å². The van der Waals surface area contributed by atoms with Crippen LogP contribution in [0.25, 0.3) is 11.3 Å². The summed E-state index contributed by atoms with van der Waals surface area (Å²) < 4.78 is 11.5. The van der Waals surface area contributed by atoms with Gasteiger partial charge in [0.05, 0.1) is 17.8 Å². The third-order valence-electron chi connectivity index (χ3n) is 6.44. The van der Waals surface area contributed by atoms with Gasteiger partial charge in [0.2, 0.25) is 5.95 Å². The molecule has 1 aromatic heterocycles. The predicted octanol–water partition coefficient (Wildman–Crippen LogP) is 6.27. The largest absolute Gasteiger partial charge is 0.497 e. The molecule has 2 aromatic carbocycles. The first-order valence-electron chi connectivity index (χ1n) is 11.6. The fourth-order valence-corrected chi connectivity index (χ4v) is 4.99. The van der Waals surface area contributed by atoms with E-state index in [9.17, 15) is 0 Å². The number of hydrogen-bond donors (Lipinski definition) is 1. The van der Waals surface area contributed by atoms with Crippen molar-refractivity contribution in [3.63, 3.8) is 0 Å². The smallest absolute Gasteiger partial charge is 0.227 e. The molecule has 3 aromatic rings. The number of aryl methyl sites for hydroxylation is 3. The molecular formula is C26H31Cl3N4O2. The molecule has 1 fully saturated rings. The lowest BCUT2D eigenvalue weighted by molar-refractivity contribution is 0.237. The maximum Gasteiger partial charge on any atom is 0.227 e. The van der Waals surface area contributed by atoms with Gasteiger partial charge >= 0.3 is 0 Å². The Hall–Kier alpha value is -2.25. The van der Waals surface area contributed by atoms with E-state index in [1.807, 2.05) is 31.3 Å². The molecule has 35 heavy (non-hydrogen) atoms. The second-order valence-corrected chi connectivity index (χ2v) is 9.12. The van der Waals surface area contributed by atoms with E-state index in [1.165, 1.54) is 18.4 Å². The highest BCUT2D eigenvalue weighted by atomic mass is 35.5. The van der Waals surface area contributed by atoms with Crippen molar-refractivity contribution in [2.45, 2.75) is 32.6 Å². The van der Waals surface area contributed by atoms with Gasteiger partial charge in [-0.05, 0) is 86.7 Å². The number of aromatic nitrogens is 2. The number of ether oxygens (including phenoxy) is 2. The standard InChI is InChI=1S/C26H29ClN4O2.2ClH/c1-17-13-20(14-23(27)25(17)33-12-11-31-9-3-4-10-31)29-26-28-16-19-6-5-18-7-8-21(32-2)15-22(18)24(19)30-26;;/h7-8,13-16H,3-6,9-12H2,1-2H3,(H,28,29,30);2*1H. The average molecular weight is 538 g/mol. The molecule has 6 nitrogen and oxygen atoms in total. The average Bonchev–Trinajstić information content (AvgIpc) is 3.34. The lowest BCUT2D eigenvalue weighted by Gasteiger charge is -2.20. The van der Waals surface area contributed by atoms with Crippen LogP contribution in [0, 0.1) is 6.92 Å². The van der Waals surface area contributed by atoms with E-state index in [0.29, 0.717) is 17.6 Å². The molecule has 0 spiro atoms. The Balaban J connectivity index is 0.00000171. The van der Waals surface area contributed by atoms with Crippen LogP contribution in [-0.4, -0.2) is 48.2 Å². The van der Waals surface area contributed by atoms with E-state index in [0.717, 1.165) is 72.0 Å². The van der Waals surface area contributed by atoms with Gasteiger partial charge in [0.1, 0.15) is 18.1 Å². The number of fused-ring (bicyclic) bond motifs is 3. The highest BCUT2D eigenvalue weighted by Gasteiger charge is 2.20. The number of anilines is 2. The van der Waals surface area contributed by atoms with Crippen LogP contribution in [0.2, 0.25) is 5.02 Å². The number of rotatable bonds is 7. The fourth-order valence-electron chi connectivity index (χ4n) is 4.67. The molecule has 1 aliphatic heterocycles. The van der Waals surface area contributed by atoms with E-state index < -0.39 is 0 Å². The lowest BCUT2D eigenvalue weighted by Crippen LogP contribution is -2.25. The number of benzene rings is 2. The van der Waals surface area contributed by atoms with E-state index in [-0.39, 0.29) is 24.8 Å². The summed E-state index contributed by atoms with van der Waals surface area (Å²) >= 11 is 6.58. The first-order chi connectivity index (χ1) is 16.1. The Labute approximate surface area is 224 Å². The third kappa shape index (κ3) is 6.12. The molecule has 1 aliphatic carbocycles. The van der Waals surface area contributed by atoms with E-state index >= 15 is 0 Å². The number of hydrogen-bond acceptors (Lipinski definition) is 6. The summed E-state index contributed by atoms with van der Waals surface area (Å²) in [5.74, 6) is 2.12. The predicted molar refractivity (Wildman–Crippen MR) is 147 cm³/mol. The third-order valence-corrected chi connectivity index (χ3v) is 6.72. The van der Waals surface area contributed by atoms with Gasteiger partial charge in [-0.25, -0.2) is 9.97 Å². The van der Waals surface area contributed by atoms with Gasteiger partial charge in [0.25, 0.3) is 0 Å². The van der Waals surface area contributed by atoms with Gasteiger partial charge in [0.15, 0.2) is 0 Å². The van der Waals surface area contributed by atoms with Crippen LogP contribution < -0.4 is 14.8 Å². The van der Waals surface area contributed by atoms with Gasteiger partial charge in [0, 0.05) is 24.0 Å². The van der Waals surface area contributed by atoms with Gasteiger partial charge < -0.3 is 14.8 Å². The van der Waals surface area contributed by atoms with Crippen molar-refractivity contribution in [1.29, 1.82) is 0 Å². The lowest BCUT2D eigenvalue weighted by atomic mass is 9.90. The Kier molecular flexibility index (Phi) is 9.47. The van der Waals surface area contributed by atoms with Gasteiger partial charge in [-0.3, -0.25) is 4.90 Å². The maximum atomic E-state index is 6.58. The molecule has 1 saturated heterocycles. The minimum Gasteiger partial charge on any atom is -0.497 e. The van der Waals surface area contributed by atoms with Crippen molar-refractivity contribution in [2.75, 3.05) is 38.7 Å². The molecule has 0 bridgehead atoms. The zero-order valence-corrected chi connectivity index (χ0v) is 22.4. The van der Waals surface area contributed by atoms with Gasteiger partial charge in [-0.1, -0.05) is 17.7 Å². The van der Waals surface area contributed by atoms with Gasteiger partial charge in [-0.15, -0.1) is 24.8 Å². The topological polar surface area (TPSA) is 59.5 Å². The summed E-state index contributed by atoms with van der Waals surface area (Å²) in [6.45, 7) is 5.92. The molecule has 0 radical (unpaired) electrons. The second kappa shape index (κ2) is 12.1. The molecule has 2 aliphatic rings. The monoisotopic (exact) mass is 536 g/mol. The van der Waals surface area contributed by atoms with E-state index in [2.05, 4.69) is 27.3 Å². The molecule has 2 heterocycles. The summed E-state index contributed by atoms with van der Waals surface area (Å²) in [4.78, 5) is 11.8. The highest BCUT2D eigenvalue weighted by molar-refractivity contribution is 6.32. The van der Waals surface area contributed by atoms with Crippen LogP contribution in [-0.2, 0) is 12.8 Å². The molecule has 188 valence electrons. The quantitative estimate of drug-likeness (QED) is 0.383. The molecule has 0 amide bonds. The van der Waals surface area contributed by atoms with Crippen LogP contribution in [0.3, 0.4) is 0 Å². The van der Waals surface area contributed by atoms with Crippen LogP contribution in [0.4, 0.5) is 11.6 Å². The SMILES string of the molecule is COc1ccc2c(c1)-c1nc(Nc3cc(C)c(OCCN4CCCC4)c(Cl)c3)ncc1CC2.Cl.Cl. The molecule has 0 atom stereocenters. The number of methoxy groups -OCH3 is 1. The van der Waals surface area contributed by atoms with Crippen molar-refractivity contribution in [1.82, 2.24) is 14.9 Å². The number of nitrogens with zero attached hydrogens (tertiary/aromatic N) is 3. The Morgan fingerprint density at radius 1 is 1.06 bits per heavy atom. The summed E-state index contributed by atoms with van der Waals surface area (Å²) in [6.07, 6.45) is 6.39. The first-order valence-corrected chi connectivity index (χ1v) is 11.9. The van der Waals surface area contributed by atoms with Gasteiger partial charge in [-0.2, -0.15) is 0 Å². The fraction of sp³-hybridized carbons (Fsp3) is 0.385. The van der Waals surface area contributed by atoms with Crippen molar-refractivity contribution < 1.29 is 9.47 Å². The molecule has 9 heteroatoms. The van der Waals surface area contributed by atoms with E-state index in [1.54, 1.807) is 7.11 Å². The molecule has 5 rings (SSSR count). The number of halogens is 3. The zero-order valence-electron chi connectivity index (χ0n) is 20.0. The minimum absolute atomic E-state index is 0. The Morgan fingerprint density at radius 3 is 2.57 bits per heavy atom. The summed E-state index contributed by atoms with van der Waals surface area (Å²) in [6, 6.07) is 10.1. The summed E-state index contributed by atoms with van der Waals surface area (Å²) in [5.41, 5.74) is 6.32. The Bertz CT molecular complexity index is 1150. The van der Waals surface area contributed by atoms with Crippen LogP contribution in [0.1, 0.15) is 29.5 Å².